The molecule has 0 aliphatic rings. The van der Waals surface area contributed by atoms with Gasteiger partial charge in [0.2, 0.25) is 5.91 Å². The van der Waals surface area contributed by atoms with E-state index in [0.29, 0.717) is 12.3 Å². The molecule has 1 heterocycles. The van der Waals surface area contributed by atoms with Crippen LogP contribution in [0, 0.1) is 10.1 Å². The van der Waals surface area contributed by atoms with Crippen LogP contribution in [0.3, 0.4) is 0 Å². The van der Waals surface area contributed by atoms with Crippen molar-refractivity contribution in [2.45, 2.75) is 11.4 Å². The Labute approximate surface area is 177 Å². The smallest absolute Gasteiger partial charge is 0.269 e. The summed E-state index contributed by atoms with van der Waals surface area (Å²) in [4.78, 5) is 23.8. The summed E-state index contributed by atoms with van der Waals surface area (Å²) in [7, 11) is 0. The molecule has 7 heteroatoms. The minimum absolute atomic E-state index is 0.0570. The van der Waals surface area contributed by atoms with Crippen molar-refractivity contribution < 1.29 is 9.72 Å². The quantitative estimate of drug-likeness (QED) is 0.250. The van der Waals surface area contributed by atoms with Crippen LogP contribution in [-0.4, -0.2) is 21.2 Å². The number of fused-ring (bicyclic) bond motifs is 1. The van der Waals surface area contributed by atoms with E-state index in [0.717, 1.165) is 27.0 Å². The SMILES string of the molecule is O=C(CSc1cn(Cc2ccc([N+](=O)[O-])cc2)c2ccccc12)Nc1ccccc1. The van der Waals surface area contributed by atoms with Crippen LogP contribution in [-0.2, 0) is 11.3 Å². The Morgan fingerprint density at radius 1 is 0.967 bits per heavy atom. The lowest BCUT2D eigenvalue weighted by atomic mass is 10.2. The molecule has 0 radical (unpaired) electrons. The van der Waals surface area contributed by atoms with Crippen molar-refractivity contribution in [1.29, 1.82) is 0 Å². The Kier molecular flexibility index (Phi) is 5.81. The number of amides is 1. The molecule has 1 amide bonds. The van der Waals surface area contributed by atoms with Gasteiger partial charge in [-0.1, -0.05) is 48.5 Å². The first kappa shape index (κ1) is 19.7. The molecule has 0 unspecified atom stereocenters. The summed E-state index contributed by atoms with van der Waals surface area (Å²) in [6, 6.07) is 24.0. The van der Waals surface area contributed by atoms with Crippen LogP contribution in [0.15, 0.2) is 90.0 Å². The van der Waals surface area contributed by atoms with Crippen LogP contribution in [0.2, 0.25) is 0 Å². The molecule has 30 heavy (non-hydrogen) atoms. The molecule has 0 aliphatic heterocycles. The number of benzene rings is 3. The zero-order valence-corrected chi connectivity index (χ0v) is 16.8. The molecule has 0 atom stereocenters. The number of para-hydroxylation sites is 2. The van der Waals surface area contributed by atoms with Crippen LogP contribution < -0.4 is 5.32 Å². The van der Waals surface area contributed by atoms with Gasteiger partial charge in [-0.2, -0.15) is 0 Å². The van der Waals surface area contributed by atoms with Gasteiger partial charge in [-0.25, -0.2) is 0 Å². The van der Waals surface area contributed by atoms with Crippen molar-refractivity contribution in [3.05, 3.63) is 101 Å². The Morgan fingerprint density at radius 3 is 2.40 bits per heavy atom. The lowest BCUT2D eigenvalue weighted by molar-refractivity contribution is -0.384. The van der Waals surface area contributed by atoms with Gasteiger partial charge in [-0.15, -0.1) is 11.8 Å². The molecule has 0 spiro atoms. The van der Waals surface area contributed by atoms with Gasteiger partial charge in [-0.3, -0.25) is 14.9 Å². The maximum absolute atomic E-state index is 12.3. The van der Waals surface area contributed by atoms with Gasteiger partial charge in [0.25, 0.3) is 5.69 Å². The molecular formula is C23H19N3O3S. The van der Waals surface area contributed by atoms with Gasteiger partial charge in [0.15, 0.2) is 0 Å². The number of carbonyl (C=O) groups excluding carboxylic acids is 1. The summed E-state index contributed by atoms with van der Waals surface area (Å²) in [5.74, 6) is 0.249. The Hall–Kier alpha value is -3.58. The molecule has 6 nitrogen and oxygen atoms in total. The van der Waals surface area contributed by atoms with E-state index in [9.17, 15) is 14.9 Å². The van der Waals surface area contributed by atoms with E-state index >= 15 is 0 Å². The Morgan fingerprint density at radius 2 is 1.67 bits per heavy atom. The van der Waals surface area contributed by atoms with Gasteiger partial charge in [-0.05, 0) is 23.8 Å². The predicted octanol–water partition coefficient (Wildman–Crippen LogP) is 5.33. The highest BCUT2D eigenvalue weighted by Gasteiger charge is 2.12. The molecule has 4 rings (SSSR count). The van der Waals surface area contributed by atoms with Crippen LogP contribution in [0.1, 0.15) is 5.56 Å². The molecule has 0 saturated heterocycles. The van der Waals surface area contributed by atoms with Crippen molar-refractivity contribution in [2.24, 2.45) is 0 Å². The second kappa shape index (κ2) is 8.84. The number of non-ortho nitro benzene ring substituents is 1. The van der Waals surface area contributed by atoms with E-state index in [1.807, 2.05) is 60.8 Å². The maximum atomic E-state index is 12.3. The molecule has 3 aromatic carbocycles. The molecule has 1 N–H and O–H groups in total. The number of hydrogen-bond acceptors (Lipinski definition) is 4. The third kappa shape index (κ3) is 4.52. The Bertz CT molecular complexity index is 1190. The molecule has 4 aromatic rings. The number of nitro benzene ring substituents is 1. The first-order chi connectivity index (χ1) is 14.6. The number of anilines is 1. The lowest BCUT2D eigenvalue weighted by Crippen LogP contribution is -2.13. The summed E-state index contributed by atoms with van der Waals surface area (Å²) < 4.78 is 2.11. The lowest BCUT2D eigenvalue weighted by Gasteiger charge is -2.05. The normalized spacial score (nSPS) is 10.8. The van der Waals surface area contributed by atoms with Crippen molar-refractivity contribution in [2.75, 3.05) is 11.1 Å². The largest absolute Gasteiger partial charge is 0.342 e. The summed E-state index contributed by atoms with van der Waals surface area (Å²) in [6.07, 6.45) is 2.03. The zero-order valence-electron chi connectivity index (χ0n) is 16.0. The van der Waals surface area contributed by atoms with Crippen molar-refractivity contribution in [1.82, 2.24) is 4.57 Å². The minimum atomic E-state index is -0.399. The number of hydrogen-bond donors (Lipinski definition) is 1. The fourth-order valence-corrected chi connectivity index (χ4v) is 4.13. The predicted molar refractivity (Wildman–Crippen MR) is 120 cm³/mol. The average Bonchev–Trinajstić information content (AvgIpc) is 3.11. The molecule has 150 valence electrons. The fraction of sp³-hybridized carbons (Fsp3) is 0.0870. The van der Waals surface area contributed by atoms with Gasteiger partial charge in [0.05, 0.1) is 10.7 Å². The van der Waals surface area contributed by atoms with Gasteiger partial charge in [0, 0.05) is 46.4 Å². The molecule has 0 fully saturated rings. The number of rotatable bonds is 7. The minimum Gasteiger partial charge on any atom is -0.342 e. The molecule has 0 bridgehead atoms. The number of carbonyl (C=O) groups is 1. The van der Waals surface area contributed by atoms with Crippen LogP contribution in [0.25, 0.3) is 10.9 Å². The number of nitrogens with one attached hydrogen (secondary N) is 1. The number of thioether (sulfide) groups is 1. The van der Waals surface area contributed by atoms with Gasteiger partial charge < -0.3 is 9.88 Å². The molecular weight excluding hydrogens is 398 g/mol. The van der Waals surface area contributed by atoms with E-state index in [1.54, 1.807) is 12.1 Å². The van der Waals surface area contributed by atoms with E-state index < -0.39 is 4.92 Å². The number of nitrogens with zero attached hydrogens (tertiary/aromatic N) is 2. The second-order valence-corrected chi connectivity index (χ2v) is 7.78. The molecule has 0 aliphatic carbocycles. The zero-order chi connectivity index (χ0) is 20.9. The van der Waals surface area contributed by atoms with Crippen molar-refractivity contribution in [3.63, 3.8) is 0 Å². The number of nitro groups is 1. The van der Waals surface area contributed by atoms with Gasteiger partial charge in [0.1, 0.15) is 0 Å². The Balaban J connectivity index is 1.50. The highest BCUT2D eigenvalue weighted by Crippen LogP contribution is 2.30. The van der Waals surface area contributed by atoms with E-state index in [1.165, 1.54) is 23.9 Å². The van der Waals surface area contributed by atoms with E-state index in [4.69, 9.17) is 0 Å². The highest BCUT2D eigenvalue weighted by atomic mass is 32.2. The standard InChI is InChI=1S/C23H19N3O3S/c27-23(24-18-6-2-1-3-7-18)16-30-22-15-25(21-9-5-4-8-20(21)22)14-17-10-12-19(13-11-17)26(28)29/h1-13,15H,14,16H2,(H,24,27). The first-order valence-corrected chi connectivity index (χ1v) is 10.4. The second-order valence-electron chi connectivity index (χ2n) is 6.76. The van der Waals surface area contributed by atoms with Crippen molar-refractivity contribution in [3.8, 4) is 0 Å². The van der Waals surface area contributed by atoms with Gasteiger partial charge >= 0.3 is 0 Å². The first-order valence-electron chi connectivity index (χ1n) is 9.39. The summed E-state index contributed by atoms with van der Waals surface area (Å²) in [6.45, 7) is 0.593. The van der Waals surface area contributed by atoms with Crippen LogP contribution in [0.5, 0.6) is 0 Å². The summed E-state index contributed by atoms with van der Waals surface area (Å²) >= 11 is 1.49. The van der Waals surface area contributed by atoms with Crippen molar-refractivity contribution >= 4 is 39.9 Å². The van der Waals surface area contributed by atoms with E-state index in [2.05, 4.69) is 9.88 Å². The average molecular weight is 417 g/mol. The fourth-order valence-electron chi connectivity index (χ4n) is 3.24. The topological polar surface area (TPSA) is 77.2 Å². The monoisotopic (exact) mass is 417 g/mol. The van der Waals surface area contributed by atoms with Crippen LogP contribution in [0.4, 0.5) is 11.4 Å². The summed E-state index contributed by atoms with van der Waals surface area (Å²) in [5.41, 5.74) is 2.89. The van der Waals surface area contributed by atoms with Crippen LogP contribution >= 0.6 is 11.8 Å². The maximum Gasteiger partial charge on any atom is 0.269 e. The molecule has 1 aromatic heterocycles. The number of aromatic nitrogens is 1. The summed E-state index contributed by atoms with van der Waals surface area (Å²) in [5, 5.41) is 14.8. The molecule has 0 saturated carbocycles. The third-order valence-electron chi connectivity index (χ3n) is 4.67. The third-order valence-corrected chi connectivity index (χ3v) is 5.71. The highest BCUT2D eigenvalue weighted by molar-refractivity contribution is 8.00. The van der Waals surface area contributed by atoms with E-state index in [-0.39, 0.29) is 11.6 Å².